The maximum absolute atomic E-state index is 12.6. The SMILES string of the molecule is CCC(C)(C)NS(=O)(=O)c1c(CNC(C)C)n[nH]c1C. The minimum Gasteiger partial charge on any atom is -0.309 e. The van der Waals surface area contributed by atoms with Gasteiger partial charge in [-0.05, 0) is 27.2 Å². The van der Waals surface area contributed by atoms with E-state index in [4.69, 9.17) is 0 Å². The van der Waals surface area contributed by atoms with Gasteiger partial charge in [0.2, 0.25) is 10.0 Å². The summed E-state index contributed by atoms with van der Waals surface area (Å²) in [5.74, 6) is 0. The van der Waals surface area contributed by atoms with Crippen LogP contribution in [0.1, 0.15) is 52.4 Å². The molecule has 0 spiro atoms. The van der Waals surface area contributed by atoms with Gasteiger partial charge in [0.05, 0.1) is 11.4 Å². The number of hydrogen-bond donors (Lipinski definition) is 3. The fraction of sp³-hybridized carbons (Fsp3) is 0.769. The molecule has 20 heavy (non-hydrogen) atoms. The van der Waals surface area contributed by atoms with E-state index in [9.17, 15) is 8.42 Å². The normalized spacial score (nSPS) is 13.2. The van der Waals surface area contributed by atoms with Gasteiger partial charge in [-0.25, -0.2) is 13.1 Å². The van der Waals surface area contributed by atoms with E-state index in [0.717, 1.165) is 0 Å². The van der Waals surface area contributed by atoms with Crippen LogP contribution in [0.4, 0.5) is 0 Å². The summed E-state index contributed by atoms with van der Waals surface area (Å²) in [6.45, 7) is 11.8. The second-order valence-corrected chi connectivity index (χ2v) is 7.62. The quantitative estimate of drug-likeness (QED) is 0.715. The Labute approximate surface area is 121 Å². The standard InChI is InChI=1S/C13H26N4O2S/c1-7-13(5,6)17-20(18,19)12-10(4)15-16-11(12)8-14-9(2)3/h9,14,17H,7-8H2,1-6H3,(H,15,16). The van der Waals surface area contributed by atoms with Crippen molar-refractivity contribution >= 4 is 10.0 Å². The van der Waals surface area contributed by atoms with Gasteiger partial charge in [0.1, 0.15) is 4.90 Å². The van der Waals surface area contributed by atoms with Gasteiger partial charge in [0.15, 0.2) is 0 Å². The van der Waals surface area contributed by atoms with Crippen molar-refractivity contribution in [1.82, 2.24) is 20.2 Å². The van der Waals surface area contributed by atoms with Crippen LogP contribution in [0.15, 0.2) is 4.90 Å². The first kappa shape index (κ1) is 17.1. The van der Waals surface area contributed by atoms with Crippen molar-refractivity contribution in [2.45, 2.75) is 71.0 Å². The summed E-state index contributed by atoms with van der Waals surface area (Å²) in [6.07, 6.45) is 0.711. The molecule has 1 aromatic heterocycles. The predicted octanol–water partition coefficient (Wildman–Crippen LogP) is 1.68. The van der Waals surface area contributed by atoms with E-state index in [0.29, 0.717) is 24.4 Å². The first-order chi connectivity index (χ1) is 9.09. The maximum Gasteiger partial charge on any atom is 0.244 e. The number of H-pyrrole nitrogens is 1. The van der Waals surface area contributed by atoms with Crippen molar-refractivity contribution in [3.8, 4) is 0 Å². The molecule has 6 nitrogen and oxygen atoms in total. The van der Waals surface area contributed by atoms with Crippen molar-refractivity contribution in [2.24, 2.45) is 0 Å². The molecular weight excluding hydrogens is 276 g/mol. The molecule has 7 heteroatoms. The van der Waals surface area contributed by atoms with Gasteiger partial charge in [-0.1, -0.05) is 20.8 Å². The summed E-state index contributed by atoms with van der Waals surface area (Å²) in [6, 6.07) is 0.266. The number of aromatic nitrogens is 2. The Morgan fingerprint density at radius 1 is 1.35 bits per heavy atom. The van der Waals surface area contributed by atoms with Crippen molar-refractivity contribution in [3.05, 3.63) is 11.4 Å². The molecule has 0 radical (unpaired) electrons. The van der Waals surface area contributed by atoms with Gasteiger partial charge < -0.3 is 5.32 Å². The molecule has 116 valence electrons. The van der Waals surface area contributed by atoms with Gasteiger partial charge in [0.25, 0.3) is 0 Å². The Balaban J connectivity index is 3.08. The molecule has 0 fully saturated rings. The highest BCUT2D eigenvalue weighted by atomic mass is 32.2. The predicted molar refractivity (Wildman–Crippen MR) is 80.0 cm³/mol. The summed E-state index contributed by atoms with van der Waals surface area (Å²) >= 11 is 0. The van der Waals surface area contributed by atoms with E-state index in [1.165, 1.54) is 0 Å². The van der Waals surface area contributed by atoms with Crippen LogP contribution in [0.3, 0.4) is 0 Å². The Bertz CT molecular complexity index is 547. The third kappa shape index (κ3) is 4.29. The van der Waals surface area contributed by atoms with Crippen molar-refractivity contribution in [3.63, 3.8) is 0 Å². The summed E-state index contributed by atoms with van der Waals surface area (Å²) in [4.78, 5) is 0.257. The topological polar surface area (TPSA) is 86.9 Å². The fourth-order valence-corrected chi connectivity index (χ4v) is 3.58. The second kappa shape index (κ2) is 6.24. The zero-order valence-corrected chi connectivity index (χ0v) is 14.0. The summed E-state index contributed by atoms with van der Waals surface area (Å²) < 4.78 is 27.8. The molecule has 1 rings (SSSR count). The number of nitrogens with zero attached hydrogens (tertiary/aromatic N) is 1. The van der Waals surface area contributed by atoms with E-state index < -0.39 is 15.6 Å². The van der Waals surface area contributed by atoms with E-state index in [1.807, 2.05) is 34.6 Å². The molecule has 3 N–H and O–H groups in total. The van der Waals surface area contributed by atoms with Gasteiger partial charge in [-0.3, -0.25) is 5.10 Å². The van der Waals surface area contributed by atoms with Crippen LogP contribution in [0.5, 0.6) is 0 Å². The molecule has 0 aliphatic rings. The van der Waals surface area contributed by atoms with Crippen LogP contribution >= 0.6 is 0 Å². The zero-order valence-electron chi connectivity index (χ0n) is 13.2. The van der Waals surface area contributed by atoms with Gasteiger partial charge >= 0.3 is 0 Å². The van der Waals surface area contributed by atoms with Crippen LogP contribution in [-0.4, -0.2) is 30.2 Å². The number of nitrogens with one attached hydrogen (secondary N) is 3. The highest BCUT2D eigenvalue weighted by Crippen LogP contribution is 2.20. The second-order valence-electron chi connectivity index (χ2n) is 6.00. The average molecular weight is 302 g/mol. The minimum atomic E-state index is -3.58. The molecule has 0 aromatic carbocycles. The summed E-state index contributed by atoms with van der Waals surface area (Å²) in [5, 5.41) is 10.1. The average Bonchev–Trinajstić information content (AvgIpc) is 2.67. The third-order valence-electron chi connectivity index (χ3n) is 3.20. The lowest BCUT2D eigenvalue weighted by Crippen LogP contribution is -2.43. The van der Waals surface area contributed by atoms with Crippen LogP contribution in [0, 0.1) is 6.92 Å². The fourth-order valence-electron chi connectivity index (χ4n) is 1.73. The summed E-state index contributed by atoms with van der Waals surface area (Å²) in [5.41, 5.74) is 0.603. The first-order valence-electron chi connectivity index (χ1n) is 6.90. The zero-order chi connectivity index (χ0) is 15.6. The van der Waals surface area contributed by atoms with Crippen molar-refractivity contribution < 1.29 is 8.42 Å². The van der Waals surface area contributed by atoms with Gasteiger partial charge in [0, 0.05) is 18.1 Å². The first-order valence-corrected chi connectivity index (χ1v) is 8.38. The van der Waals surface area contributed by atoms with E-state index in [1.54, 1.807) is 6.92 Å². The van der Waals surface area contributed by atoms with E-state index in [-0.39, 0.29) is 10.9 Å². The van der Waals surface area contributed by atoms with Crippen LogP contribution in [0.25, 0.3) is 0 Å². The van der Waals surface area contributed by atoms with Crippen molar-refractivity contribution in [2.75, 3.05) is 0 Å². The van der Waals surface area contributed by atoms with E-state index in [2.05, 4.69) is 20.2 Å². The highest BCUT2D eigenvalue weighted by Gasteiger charge is 2.29. The number of aromatic amines is 1. The lowest BCUT2D eigenvalue weighted by atomic mass is 10.0. The van der Waals surface area contributed by atoms with Gasteiger partial charge in [-0.15, -0.1) is 0 Å². The monoisotopic (exact) mass is 302 g/mol. The molecule has 0 aliphatic heterocycles. The molecule has 0 bridgehead atoms. The number of aryl methyl sites for hydroxylation is 1. The van der Waals surface area contributed by atoms with Crippen LogP contribution in [0.2, 0.25) is 0 Å². The Morgan fingerprint density at radius 3 is 2.45 bits per heavy atom. The molecule has 0 saturated carbocycles. The molecular formula is C13H26N4O2S. The number of sulfonamides is 1. The largest absolute Gasteiger partial charge is 0.309 e. The van der Waals surface area contributed by atoms with Crippen molar-refractivity contribution in [1.29, 1.82) is 0 Å². The van der Waals surface area contributed by atoms with E-state index >= 15 is 0 Å². The lowest BCUT2D eigenvalue weighted by Gasteiger charge is -2.24. The molecule has 1 aromatic rings. The Hall–Kier alpha value is -0.920. The molecule has 0 saturated heterocycles. The maximum atomic E-state index is 12.6. The molecule has 0 unspecified atom stereocenters. The van der Waals surface area contributed by atoms with Crippen LogP contribution < -0.4 is 10.0 Å². The summed E-state index contributed by atoms with van der Waals surface area (Å²) in [7, 11) is -3.58. The minimum absolute atomic E-state index is 0.257. The molecule has 0 amide bonds. The number of hydrogen-bond acceptors (Lipinski definition) is 4. The molecule has 0 atom stereocenters. The Morgan fingerprint density at radius 2 is 1.95 bits per heavy atom. The molecule has 1 heterocycles. The Kier molecular flexibility index (Phi) is 5.34. The highest BCUT2D eigenvalue weighted by molar-refractivity contribution is 7.89. The van der Waals surface area contributed by atoms with Crippen LogP contribution in [-0.2, 0) is 16.6 Å². The molecule has 0 aliphatic carbocycles. The number of rotatable bonds is 7. The lowest BCUT2D eigenvalue weighted by molar-refractivity contribution is 0.439. The smallest absolute Gasteiger partial charge is 0.244 e. The van der Waals surface area contributed by atoms with Gasteiger partial charge in [-0.2, -0.15) is 5.10 Å². The third-order valence-corrected chi connectivity index (χ3v) is 5.10.